The highest BCUT2D eigenvalue weighted by Gasteiger charge is 2.17. The average molecular weight is 394 g/mol. The molecule has 8 heteroatoms. The van der Waals surface area contributed by atoms with Gasteiger partial charge < -0.3 is 19.7 Å². The minimum Gasteiger partial charge on any atom is -0.505 e. The van der Waals surface area contributed by atoms with Crippen LogP contribution in [-0.2, 0) is 9.53 Å². The summed E-state index contributed by atoms with van der Waals surface area (Å²) < 4.78 is 10.2. The largest absolute Gasteiger partial charge is 0.505 e. The van der Waals surface area contributed by atoms with Gasteiger partial charge in [-0.1, -0.05) is 24.3 Å². The third-order valence-corrected chi connectivity index (χ3v) is 4.17. The number of phenols is 1. The van der Waals surface area contributed by atoms with Crippen molar-refractivity contribution in [3.8, 4) is 11.5 Å². The lowest BCUT2D eigenvalue weighted by Crippen LogP contribution is -2.22. The van der Waals surface area contributed by atoms with Crippen molar-refractivity contribution in [1.29, 1.82) is 0 Å². The highest BCUT2D eigenvalue weighted by atomic mass is 16.5. The first-order valence-corrected chi connectivity index (χ1v) is 8.65. The Balaban J connectivity index is 1.98. The molecule has 1 unspecified atom stereocenters. The number of fused-ring (bicyclic) bond motifs is 1. The third kappa shape index (κ3) is 4.32. The first-order valence-electron chi connectivity index (χ1n) is 8.65. The van der Waals surface area contributed by atoms with Gasteiger partial charge in [-0.25, -0.2) is 9.59 Å². The molecule has 8 nitrogen and oxygen atoms in total. The van der Waals surface area contributed by atoms with Crippen molar-refractivity contribution in [1.82, 2.24) is 0 Å². The molecule has 148 valence electrons. The van der Waals surface area contributed by atoms with Crippen LogP contribution in [0.2, 0.25) is 0 Å². The smallest absolute Gasteiger partial charge is 0.344 e. The maximum Gasteiger partial charge on any atom is 0.344 e. The number of aliphatic carboxylic acids is 1. The Morgan fingerprint density at radius 1 is 1.00 bits per heavy atom. The van der Waals surface area contributed by atoms with Gasteiger partial charge in [-0.2, -0.15) is 5.11 Å². The fourth-order valence-electron chi connectivity index (χ4n) is 2.62. The Bertz CT molecular complexity index is 1090. The predicted octanol–water partition coefficient (Wildman–Crippen LogP) is 4.60. The normalized spacial score (nSPS) is 12.1. The van der Waals surface area contributed by atoms with Crippen LogP contribution >= 0.6 is 0 Å². The van der Waals surface area contributed by atoms with E-state index in [1.807, 2.05) is 0 Å². The van der Waals surface area contributed by atoms with Crippen LogP contribution in [0.3, 0.4) is 0 Å². The number of phenolic OH excluding ortho intramolecular Hbond substituents is 1. The standard InChI is InChI=1S/C21H18N2O6/c1-12(20(25)26)29-18-11-17(19(24)16-6-4-3-5-15(16)18)23-22-14-9-7-13(8-10-14)21(27)28-2/h3-12,24H,1-2H3,(H,25,26). The Morgan fingerprint density at radius 2 is 1.66 bits per heavy atom. The van der Waals surface area contributed by atoms with Gasteiger partial charge in [0.25, 0.3) is 0 Å². The zero-order valence-corrected chi connectivity index (χ0v) is 15.7. The molecule has 0 aliphatic rings. The molecular formula is C21H18N2O6. The number of rotatable bonds is 6. The van der Waals surface area contributed by atoms with Gasteiger partial charge in [0.2, 0.25) is 0 Å². The highest BCUT2D eigenvalue weighted by molar-refractivity contribution is 5.97. The van der Waals surface area contributed by atoms with Gasteiger partial charge in [-0.15, -0.1) is 5.11 Å². The maximum atomic E-state index is 11.5. The molecule has 0 aliphatic heterocycles. The van der Waals surface area contributed by atoms with Gasteiger partial charge in [0.1, 0.15) is 11.4 Å². The fraction of sp³-hybridized carbons (Fsp3) is 0.143. The summed E-state index contributed by atoms with van der Waals surface area (Å²) >= 11 is 0. The minimum atomic E-state index is -1.11. The number of benzene rings is 3. The number of hydrogen-bond acceptors (Lipinski definition) is 7. The van der Waals surface area contributed by atoms with Crippen LogP contribution in [0.15, 0.2) is 64.8 Å². The van der Waals surface area contributed by atoms with Crippen LogP contribution in [0.5, 0.6) is 11.5 Å². The monoisotopic (exact) mass is 394 g/mol. The number of carbonyl (C=O) groups excluding carboxylic acids is 1. The number of hydrogen-bond donors (Lipinski definition) is 2. The first kappa shape index (κ1) is 19.8. The number of ether oxygens (including phenoxy) is 2. The quantitative estimate of drug-likeness (QED) is 0.466. The van der Waals surface area contributed by atoms with E-state index in [4.69, 9.17) is 9.84 Å². The molecule has 0 bridgehead atoms. The minimum absolute atomic E-state index is 0.106. The Morgan fingerprint density at radius 3 is 2.28 bits per heavy atom. The van der Waals surface area contributed by atoms with Gasteiger partial charge in [0.15, 0.2) is 11.9 Å². The summed E-state index contributed by atoms with van der Waals surface area (Å²) in [5, 5.41) is 28.8. The number of esters is 1. The Labute approximate surface area is 166 Å². The summed E-state index contributed by atoms with van der Waals surface area (Å²) in [5.41, 5.74) is 0.943. The molecule has 3 aromatic carbocycles. The molecule has 3 rings (SSSR count). The molecule has 0 saturated heterocycles. The van der Waals surface area contributed by atoms with Crippen molar-refractivity contribution in [3.05, 3.63) is 60.2 Å². The number of carbonyl (C=O) groups is 2. The second-order valence-corrected chi connectivity index (χ2v) is 6.12. The molecule has 3 aromatic rings. The zero-order valence-electron chi connectivity index (χ0n) is 15.7. The number of carboxylic acid groups (broad SMARTS) is 1. The average Bonchev–Trinajstić information content (AvgIpc) is 2.74. The van der Waals surface area contributed by atoms with Crippen LogP contribution in [0.4, 0.5) is 11.4 Å². The third-order valence-electron chi connectivity index (χ3n) is 4.17. The molecule has 0 spiro atoms. The molecule has 0 fully saturated rings. The lowest BCUT2D eigenvalue weighted by Gasteiger charge is -2.14. The molecule has 0 aromatic heterocycles. The molecular weight excluding hydrogens is 376 g/mol. The molecule has 0 heterocycles. The van der Waals surface area contributed by atoms with E-state index < -0.39 is 18.0 Å². The molecule has 2 N–H and O–H groups in total. The van der Waals surface area contributed by atoms with E-state index in [1.165, 1.54) is 20.1 Å². The van der Waals surface area contributed by atoms with Gasteiger partial charge in [-0.3, -0.25) is 0 Å². The van der Waals surface area contributed by atoms with E-state index in [9.17, 15) is 14.7 Å². The molecule has 0 saturated carbocycles. The fourth-order valence-corrected chi connectivity index (χ4v) is 2.62. The van der Waals surface area contributed by atoms with Crippen LogP contribution < -0.4 is 4.74 Å². The number of carboxylic acids is 1. The molecule has 0 aliphatic carbocycles. The predicted molar refractivity (Wildman–Crippen MR) is 105 cm³/mol. The number of azo groups is 1. The van der Waals surface area contributed by atoms with E-state index >= 15 is 0 Å². The van der Waals surface area contributed by atoms with E-state index in [0.717, 1.165) is 0 Å². The van der Waals surface area contributed by atoms with E-state index in [0.29, 0.717) is 22.0 Å². The topological polar surface area (TPSA) is 118 Å². The summed E-state index contributed by atoms with van der Waals surface area (Å²) in [7, 11) is 1.29. The number of methoxy groups -OCH3 is 1. The second-order valence-electron chi connectivity index (χ2n) is 6.12. The van der Waals surface area contributed by atoms with E-state index in [-0.39, 0.29) is 17.2 Å². The number of nitrogens with zero attached hydrogens (tertiary/aromatic N) is 2. The SMILES string of the molecule is COC(=O)c1ccc(N=Nc2cc(OC(C)C(=O)O)c3ccccc3c2O)cc1. The van der Waals surface area contributed by atoms with E-state index in [2.05, 4.69) is 15.0 Å². The van der Waals surface area contributed by atoms with Gasteiger partial charge in [0, 0.05) is 16.8 Å². The number of aromatic hydroxyl groups is 1. The summed E-state index contributed by atoms with van der Waals surface area (Å²) in [4.78, 5) is 22.6. The van der Waals surface area contributed by atoms with Crippen molar-refractivity contribution in [2.45, 2.75) is 13.0 Å². The van der Waals surface area contributed by atoms with Crippen LogP contribution in [0, 0.1) is 0 Å². The Kier molecular flexibility index (Phi) is 5.73. The highest BCUT2D eigenvalue weighted by Crippen LogP contribution is 2.41. The van der Waals surface area contributed by atoms with Gasteiger partial charge in [-0.05, 0) is 31.2 Å². The summed E-state index contributed by atoms with van der Waals surface area (Å²) in [6.07, 6.45) is -1.08. The summed E-state index contributed by atoms with van der Waals surface area (Å²) in [6.45, 7) is 1.41. The van der Waals surface area contributed by atoms with Crippen molar-refractivity contribution in [2.75, 3.05) is 7.11 Å². The van der Waals surface area contributed by atoms with Crippen LogP contribution in [-0.4, -0.2) is 35.4 Å². The first-order chi connectivity index (χ1) is 13.9. The van der Waals surface area contributed by atoms with E-state index in [1.54, 1.807) is 48.5 Å². The van der Waals surface area contributed by atoms with Crippen molar-refractivity contribution < 1.29 is 29.3 Å². The van der Waals surface area contributed by atoms with Gasteiger partial charge in [0.05, 0.1) is 18.4 Å². The maximum absolute atomic E-state index is 11.5. The van der Waals surface area contributed by atoms with Crippen molar-refractivity contribution >= 4 is 34.1 Å². The van der Waals surface area contributed by atoms with Crippen molar-refractivity contribution in [2.24, 2.45) is 10.2 Å². The summed E-state index contributed by atoms with van der Waals surface area (Å²) in [6, 6.07) is 14.6. The van der Waals surface area contributed by atoms with Crippen molar-refractivity contribution in [3.63, 3.8) is 0 Å². The second kappa shape index (κ2) is 8.39. The molecule has 29 heavy (non-hydrogen) atoms. The Hall–Kier alpha value is -3.94. The zero-order chi connectivity index (χ0) is 21.0. The lowest BCUT2D eigenvalue weighted by molar-refractivity contribution is -0.144. The van der Waals surface area contributed by atoms with Gasteiger partial charge >= 0.3 is 11.9 Å². The van der Waals surface area contributed by atoms with Crippen LogP contribution in [0.25, 0.3) is 10.8 Å². The lowest BCUT2D eigenvalue weighted by atomic mass is 10.1. The molecule has 1 atom stereocenters. The van der Waals surface area contributed by atoms with Crippen LogP contribution in [0.1, 0.15) is 17.3 Å². The molecule has 0 radical (unpaired) electrons. The summed E-state index contributed by atoms with van der Waals surface area (Å²) in [5.74, 6) is -1.42. The molecule has 0 amide bonds.